The van der Waals surface area contributed by atoms with E-state index in [1.165, 1.54) is 12.8 Å². The highest BCUT2D eigenvalue weighted by atomic mass is 32.1. The molecule has 0 aliphatic heterocycles. The average molecular weight is 220 g/mol. The van der Waals surface area contributed by atoms with Crippen LogP contribution < -0.4 is 5.73 Å². The lowest BCUT2D eigenvalue weighted by molar-refractivity contribution is 0.238. The predicted octanol–water partition coefficient (Wildman–Crippen LogP) is 2.49. The van der Waals surface area contributed by atoms with Crippen LogP contribution in [0.3, 0.4) is 0 Å². The fourth-order valence-corrected chi connectivity index (χ4v) is 3.27. The zero-order valence-electron chi connectivity index (χ0n) is 8.99. The Morgan fingerprint density at radius 1 is 1.73 bits per heavy atom. The second-order valence-corrected chi connectivity index (χ2v) is 5.40. The smallest absolute Gasteiger partial charge is 0.124 e. The maximum Gasteiger partial charge on any atom is 0.124 e. The van der Waals surface area contributed by atoms with E-state index in [2.05, 4.69) is 17.8 Å². The summed E-state index contributed by atoms with van der Waals surface area (Å²) in [4.78, 5) is 4.42. The van der Waals surface area contributed by atoms with Gasteiger partial charge in [-0.05, 0) is 24.7 Å². The van der Waals surface area contributed by atoms with Crippen molar-refractivity contribution in [3.05, 3.63) is 16.1 Å². The molecule has 1 aromatic rings. The maximum absolute atomic E-state index is 6.42. The third-order valence-corrected chi connectivity index (χ3v) is 4.17. The molecule has 2 unspecified atom stereocenters. The maximum atomic E-state index is 6.42. The highest BCUT2D eigenvalue weighted by molar-refractivity contribution is 7.09. The average Bonchev–Trinajstić information content (AvgIpc) is 2.66. The van der Waals surface area contributed by atoms with Gasteiger partial charge in [0, 0.05) is 5.38 Å². The lowest BCUT2D eigenvalue weighted by Crippen LogP contribution is -2.40. The number of thiazole rings is 1. The van der Waals surface area contributed by atoms with Crippen LogP contribution in [0.4, 0.5) is 0 Å². The van der Waals surface area contributed by atoms with E-state index >= 15 is 0 Å². The van der Waals surface area contributed by atoms with Crippen molar-refractivity contribution in [2.24, 2.45) is 11.7 Å². The number of rotatable bonds is 1. The Balaban J connectivity index is 2.24. The summed E-state index contributed by atoms with van der Waals surface area (Å²) in [5.41, 5.74) is 6.91. The van der Waals surface area contributed by atoms with E-state index in [1.807, 2.05) is 5.38 Å². The molecule has 1 heterocycles. The lowest BCUT2D eigenvalue weighted by Gasteiger charge is -2.34. The molecule has 2 nitrogen and oxygen atoms in total. The van der Waals surface area contributed by atoms with E-state index in [1.54, 1.807) is 11.3 Å². The molecule has 1 aliphatic rings. The SMILES string of the molecule is C#Cc1csc(C2(N)CCCC(C)C2)n1. The largest absolute Gasteiger partial charge is 0.319 e. The molecule has 0 spiro atoms. The summed E-state index contributed by atoms with van der Waals surface area (Å²) in [6.07, 6.45) is 9.87. The first-order valence-corrected chi connectivity index (χ1v) is 6.23. The summed E-state index contributed by atoms with van der Waals surface area (Å²) < 4.78 is 0. The van der Waals surface area contributed by atoms with Crippen LogP contribution in [-0.4, -0.2) is 4.98 Å². The molecule has 3 heteroatoms. The number of aromatic nitrogens is 1. The summed E-state index contributed by atoms with van der Waals surface area (Å²) in [6.45, 7) is 2.26. The Hall–Kier alpha value is -0.850. The van der Waals surface area contributed by atoms with Crippen molar-refractivity contribution in [2.75, 3.05) is 0 Å². The van der Waals surface area contributed by atoms with E-state index in [-0.39, 0.29) is 5.54 Å². The summed E-state index contributed by atoms with van der Waals surface area (Å²) in [7, 11) is 0. The van der Waals surface area contributed by atoms with Gasteiger partial charge in [0.1, 0.15) is 10.7 Å². The van der Waals surface area contributed by atoms with Gasteiger partial charge in [-0.3, -0.25) is 0 Å². The summed E-state index contributed by atoms with van der Waals surface area (Å²) in [5.74, 6) is 3.25. The molecule has 0 radical (unpaired) electrons. The van der Waals surface area contributed by atoms with E-state index in [9.17, 15) is 0 Å². The number of nitrogens with two attached hydrogens (primary N) is 1. The third-order valence-electron chi connectivity index (χ3n) is 3.11. The van der Waals surface area contributed by atoms with Crippen molar-refractivity contribution in [1.29, 1.82) is 0 Å². The van der Waals surface area contributed by atoms with Gasteiger partial charge in [-0.2, -0.15) is 0 Å². The normalized spacial score (nSPS) is 31.1. The quantitative estimate of drug-likeness (QED) is 0.738. The Morgan fingerprint density at radius 2 is 2.53 bits per heavy atom. The van der Waals surface area contributed by atoms with E-state index in [4.69, 9.17) is 12.2 Å². The Bertz CT molecular complexity index is 391. The van der Waals surface area contributed by atoms with Crippen LogP contribution in [0.1, 0.15) is 43.3 Å². The second kappa shape index (κ2) is 3.96. The van der Waals surface area contributed by atoms with Gasteiger partial charge in [0.15, 0.2) is 0 Å². The van der Waals surface area contributed by atoms with Gasteiger partial charge in [0.25, 0.3) is 0 Å². The van der Waals surface area contributed by atoms with Crippen molar-refractivity contribution in [3.63, 3.8) is 0 Å². The molecule has 1 fully saturated rings. The second-order valence-electron chi connectivity index (χ2n) is 4.54. The molecule has 80 valence electrons. The molecule has 2 atom stereocenters. The first-order valence-electron chi connectivity index (χ1n) is 5.35. The highest BCUT2D eigenvalue weighted by Gasteiger charge is 2.35. The van der Waals surface area contributed by atoms with Gasteiger partial charge < -0.3 is 5.73 Å². The molecular formula is C12H16N2S. The van der Waals surface area contributed by atoms with Gasteiger partial charge >= 0.3 is 0 Å². The first kappa shape index (κ1) is 10.7. The van der Waals surface area contributed by atoms with E-state index in [0.717, 1.165) is 23.5 Å². The van der Waals surface area contributed by atoms with Crippen LogP contribution in [0.15, 0.2) is 5.38 Å². The fourth-order valence-electron chi connectivity index (χ4n) is 2.35. The van der Waals surface area contributed by atoms with Crippen LogP contribution in [0.25, 0.3) is 0 Å². The van der Waals surface area contributed by atoms with Crippen LogP contribution in [-0.2, 0) is 5.54 Å². The minimum absolute atomic E-state index is 0.225. The standard InChI is InChI=1S/C12H16N2S/c1-3-10-8-15-11(14-10)12(13)6-4-5-9(2)7-12/h1,8-9H,4-7,13H2,2H3. The highest BCUT2D eigenvalue weighted by Crippen LogP contribution is 2.38. The molecular weight excluding hydrogens is 204 g/mol. The molecule has 1 aliphatic carbocycles. The minimum Gasteiger partial charge on any atom is -0.319 e. The third kappa shape index (κ3) is 2.06. The zero-order valence-corrected chi connectivity index (χ0v) is 9.81. The lowest BCUT2D eigenvalue weighted by atomic mass is 9.77. The topological polar surface area (TPSA) is 38.9 Å². The number of hydrogen-bond donors (Lipinski definition) is 1. The molecule has 15 heavy (non-hydrogen) atoms. The van der Waals surface area contributed by atoms with Gasteiger partial charge in [0.05, 0.1) is 5.54 Å². The zero-order chi connectivity index (χ0) is 10.9. The molecule has 2 rings (SSSR count). The van der Waals surface area contributed by atoms with Crippen molar-refractivity contribution in [1.82, 2.24) is 4.98 Å². The molecule has 1 aromatic heterocycles. The Morgan fingerprint density at radius 3 is 3.13 bits per heavy atom. The molecule has 2 N–H and O–H groups in total. The molecule has 1 saturated carbocycles. The predicted molar refractivity (Wildman–Crippen MR) is 63.5 cm³/mol. The van der Waals surface area contributed by atoms with Crippen molar-refractivity contribution in [2.45, 2.75) is 38.1 Å². The first-order chi connectivity index (χ1) is 7.14. The number of terminal acetylenes is 1. The molecule has 0 saturated heterocycles. The van der Waals surface area contributed by atoms with Crippen molar-refractivity contribution in [3.8, 4) is 12.3 Å². The van der Waals surface area contributed by atoms with Gasteiger partial charge in [-0.25, -0.2) is 4.98 Å². The van der Waals surface area contributed by atoms with Gasteiger partial charge in [0.2, 0.25) is 0 Å². The van der Waals surface area contributed by atoms with Crippen LogP contribution in [0.5, 0.6) is 0 Å². The monoisotopic (exact) mass is 220 g/mol. The minimum atomic E-state index is -0.225. The van der Waals surface area contributed by atoms with Crippen LogP contribution in [0.2, 0.25) is 0 Å². The van der Waals surface area contributed by atoms with Crippen molar-refractivity contribution < 1.29 is 0 Å². The summed E-state index contributed by atoms with van der Waals surface area (Å²) >= 11 is 1.60. The molecule has 0 amide bonds. The Kier molecular flexibility index (Phi) is 2.81. The number of hydrogen-bond acceptors (Lipinski definition) is 3. The Labute approximate surface area is 94.9 Å². The summed E-state index contributed by atoms with van der Waals surface area (Å²) in [6, 6.07) is 0. The van der Waals surface area contributed by atoms with E-state index in [0.29, 0.717) is 5.92 Å². The van der Waals surface area contributed by atoms with Crippen LogP contribution in [0, 0.1) is 18.3 Å². The number of nitrogens with zero attached hydrogens (tertiary/aromatic N) is 1. The van der Waals surface area contributed by atoms with Crippen LogP contribution >= 0.6 is 11.3 Å². The van der Waals surface area contributed by atoms with Gasteiger partial charge in [-0.15, -0.1) is 17.8 Å². The van der Waals surface area contributed by atoms with E-state index < -0.39 is 0 Å². The van der Waals surface area contributed by atoms with Crippen molar-refractivity contribution >= 4 is 11.3 Å². The van der Waals surface area contributed by atoms with Gasteiger partial charge in [-0.1, -0.05) is 19.8 Å². The molecule has 0 bridgehead atoms. The molecule has 0 aromatic carbocycles. The fraction of sp³-hybridized carbons (Fsp3) is 0.583. The summed E-state index contributed by atoms with van der Waals surface area (Å²) in [5, 5.41) is 2.94.